The van der Waals surface area contributed by atoms with Crippen LogP contribution in [0.15, 0.2) is 6.20 Å². The molecule has 1 aromatic rings. The molecule has 0 spiro atoms. The van der Waals surface area contributed by atoms with Crippen LogP contribution in [0, 0.1) is 0 Å². The number of hydrogen-bond donors (Lipinski definition) is 2. The minimum Gasteiger partial charge on any atom is -0.480 e. The van der Waals surface area contributed by atoms with E-state index >= 15 is 0 Å². The number of carboxylic acid groups (broad SMARTS) is 1. The van der Waals surface area contributed by atoms with Crippen molar-refractivity contribution in [2.24, 2.45) is 0 Å². The standard InChI is InChI=1S/C7H12N4O2/c1-2-3-5(7(12)13)11-9-4-6(8)10-11/h4-5H,2-3H2,1H3,(H2,8,10)(H,12,13). The van der Waals surface area contributed by atoms with E-state index in [1.165, 1.54) is 6.20 Å². The second-order valence-electron chi connectivity index (χ2n) is 2.73. The molecular weight excluding hydrogens is 172 g/mol. The van der Waals surface area contributed by atoms with Crippen molar-refractivity contribution < 1.29 is 9.90 Å². The molecule has 0 aliphatic carbocycles. The number of aromatic nitrogens is 3. The van der Waals surface area contributed by atoms with Crippen molar-refractivity contribution in [2.45, 2.75) is 25.8 Å². The number of rotatable bonds is 4. The van der Waals surface area contributed by atoms with Gasteiger partial charge in [-0.2, -0.15) is 9.90 Å². The Labute approximate surface area is 75.3 Å². The zero-order valence-electron chi connectivity index (χ0n) is 7.34. The molecule has 0 aromatic carbocycles. The lowest BCUT2D eigenvalue weighted by Gasteiger charge is -2.08. The molecule has 0 radical (unpaired) electrons. The van der Waals surface area contributed by atoms with Crippen LogP contribution < -0.4 is 5.73 Å². The largest absolute Gasteiger partial charge is 0.480 e. The molecule has 0 bridgehead atoms. The van der Waals surface area contributed by atoms with Gasteiger partial charge in [-0.15, -0.1) is 5.10 Å². The lowest BCUT2D eigenvalue weighted by molar-refractivity contribution is -0.141. The summed E-state index contributed by atoms with van der Waals surface area (Å²) in [5.74, 6) is -0.695. The highest BCUT2D eigenvalue weighted by atomic mass is 16.4. The quantitative estimate of drug-likeness (QED) is 0.701. The number of nitrogens with zero attached hydrogens (tertiary/aromatic N) is 3. The van der Waals surface area contributed by atoms with Gasteiger partial charge in [-0.1, -0.05) is 13.3 Å². The summed E-state index contributed by atoms with van der Waals surface area (Å²) in [6, 6.07) is -0.706. The minimum atomic E-state index is -0.933. The summed E-state index contributed by atoms with van der Waals surface area (Å²) in [6.07, 6.45) is 2.60. The average molecular weight is 184 g/mol. The van der Waals surface area contributed by atoms with Gasteiger partial charge in [-0.25, -0.2) is 4.79 Å². The number of anilines is 1. The van der Waals surface area contributed by atoms with Gasteiger partial charge in [0.1, 0.15) is 0 Å². The van der Waals surface area contributed by atoms with Crippen molar-refractivity contribution in [2.75, 3.05) is 5.73 Å². The molecule has 3 N–H and O–H groups in total. The normalized spacial score (nSPS) is 12.7. The molecule has 0 saturated carbocycles. The first-order chi connectivity index (χ1) is 6.15. The van der Waals surface area contributed by atoms with Gasteiger partial charge in [0.15, 0.2) is 11.9 Å². The number of carboxylic acids is 1. The van der Waals surface area contributed by atoms with Gasteiger partial charge in [-0.05, 0) is 6.42 Å². The average Bonchev–Trinajstić information content (AvgIpc) is 2.46. The zero-order chi connectivity index (χ0) is 9.84. The number of nitrogens with two attached hydrogens (primary N) is 1. The van der Waals surface area contributed by atoms with Crippen molar-refractivity contribution in [1.29, 1.82) is 0 Å². The first-order valence-electron chi connectivity index (χ1n) is 4.05. The van der Waals surface area contributed by atoms with E-state index in [1.807, 2.05) is 6.92 Å². The fourth-order valence-corrected chi connectivity index (χ4v) is 1.05. The van der Waals surface area contributed by atoms with E-state index in [-0.39, 0.29) is 5.82 Å². The molecule has 13 heavy (non-hydrogen) atoms. The third-order valence-electron chi connectivity index (χ3n) is 1.65. The Hall–Kier alpha value is -1.59. The molecule has 72 valence electrons. The van der Waals surface area contributed by atoms with Crippen LogP contribution in [0.5, 0.6) is 0 Å². The number of carbonyl (C=O) groups is 1. The summed E-state index contributed by atoms with van der Waals surface area (Å²) in [4.78, 5) is 11.9. The molecule has 1 unspecified atom stereocenters. The molecule has 0 saturated heterocycles. The van der Waals surface area contributed by atoms with E-state index in [1.54, 1.807) is 0 Å². The van der Waals surface area contributed by atoms with E-state index in [2.05, 4.69) is 10.2 Å². The third-order valence-corrected chi connectivity index (χ3v) is 1.65. The van der Waals surface area contributed by atoms with E-state index in [0.717, 1.165) is 11.2 Å². The fraction of sp³-hybridized carbons (Fsp3) is 0.571. The molecule has 1 heterocycles. The van der Waals surface area contributed by atoms with Gasteiger partial charge in [0.2, 0.25) is 0 Å². The summed E-state index contributed by atoms with van der Waals surface area (Å²) in [7, 11) is 0. The molecule has 0 aliphatic heterocycles. The maximum atomic E-state index is 10.8. The number of hydrogen-bond acceptors (Lipinski definition) is 4. The Kier molecular flexibility index (Phi) is 2.84. The first-order valence-corrected chi connectivity index (χ1v) is 4.05. The Morgan fingerprint density at radius 2 is 2.54 bits per heavy atom. The van der Waals surface area contributed by atoms with E-state index in [0.29, 0.717) is 6.42 Å². The van der Waals surface area contributed by atoms with Crippen LogP contribution >= 0.6 is 0 Å². The molecule has 6 nitrogen and oxygen atoms in total. The van der Waals surface area contributed by atoms with Crippen LogP contribution in [0.25, 0.3) is 0 Å². The van der Waals surface area contributed by atoms with Crippen LogP contribution in [-0.2, 0) is 4.79 Å². The van der Waals surface area contributed by atoms with Crippen molar-refractivity contribution in [1.82, 2.24) is 15.0 Å². The lowest BCUT2D eigenvalue weighted by atomic mass is 10.2. The third kappa shape index (κ3) is 2.17. The maximum Gasteiger partial charge on any atom is 0.330 e. The fourth-order valence-electron chi connectivity index (χ4n) is 1.05. The smallest absolute Gasteiger partial charge is 0.330 e. The molecule has 1 atom stereocenters. The predicted molar refractivity (Wildman–Crippen MR) is 46.0 cm³/mol. The van der Waals surface area contributed by atoms with Crippen LogP contribution in [0.2, 0.25) is 0 Å². The van der Waals surface area contributed by atoms with Gasteiger partial charge < -0.3 is 10.8 Å². The lowest BCUT2D eigenvalue weighted by Crippen LogP contribution is -2.21. The summed E-state index contributed by atoms with van der Waals surface area (Å²) < 4.78 is 0. The first kappa shape index (κ1) is 9.50. The summed E-state index contributed by atoms with van der Waals surface area (Å²) in [6.45, 7) is 1.91. The molecular formula is C7H12N4O2. The van der Waals surface area contributed by atoms with Crippen molar-refractivity contribution in [3.8, 4) is 0 Å². The van der Waals surface area contributed by atoms with Gasteiger partial charge in [0.05, 0.1) is 6.20 Å². The molecule has 1 rings (SSSR count). The molecule has 0 aliphatic rings. The maximum absolute atomic E-state index is 10.8. The summed E-state index contributed by atoms with van der Waals surface area (Å²) >= 11 is 0. The van der Waals surface area contributed by atoms with Crippen molar-refractivity contribution >= 4 is 11.8 Å². The Morgan fingerprint density at radius 3 is 2.92 bits per heavy atom. The Morgan fingerprint density at radius 1 is 1.85 bits per heavy atom. The van der Waals surface area contributed by atoms with Crippen molar-refractivity contribution in [3.63, 3.8) is 0 Å². The Bertz CT molecular complexity index is 296. The summed E-state index contributed by atoms with van der Waals surface area (Å²) in [5, 5.41) is 16.3. The van der Waals surface area contributed by atoms with Gasteiger partial charge >= 0.3 is 5.97 Å². The van der Waals surface area contributed by atoms with Crippen LogP contribution in [-0.4, -0.2) is 26.1 Å². The Balaban J connectivity index is 2.81. The zero-order valence-corrected chi connectivity index (χ0v) is 7.34. The van der Waals surface area contributed by atoms with Crippen molar-refractivity contribution in [3.05, 3.63) is 6.20 Å². The van der Waals surface area contributed by atoms with E-state index in [4.69, 9.17) is 10.8 Å². The van der Waals surface area contributed by atoms with Crippen LogP contribution in [0.1, 0.15) is 25.8 Å². The van der Waals surface area contributed by atoms with Gasteiger partial charge in [0, 0.05) is 0 Å². The number of nitrogen functional groups attached to an aromatic ring is 1. The molecule has 0 fully saturated rings. The van der Waals surface area contributed by atoms with Crippen LogP contribution in [0.3, 0.4) is 0 Å². The molecule has 0 amide bonds. The highest BCUT2D eigenvalue weighted by Crippen LogP contribution is 2.11. The highest BCUT2D eigenvalue weighted by molar-refractivity contribution is 5.71. The highest BCUT2D eigenvalue weighted by Gasteiger charge is 2.20. The predicted octanol–water partition coefficient (Wildman–Crippen LogP) is 0.286. The molecule has 1 aromatic heterocycles. The van der Waals surface area contributed by atoms with Gasteiger partial charge in [-0.3, -0.25) is 0 Å². The van der Waals surface area contributed by atoms with Gasteiger partial charge in [0.25, 0.3) is 0 Å². The second kappa shape index (κ2) is 3.88. The monoisotopic (exact) mass is 184 g/mol. The molecule has 6 heteroatoms. The SMILES string of the molecule is CCCC(C(=O)O)n1ncc(N)n1. The van der Waals surface area contributed by atoms with E-state index < -0.39 is 12.0 Å². The topological polar surface area (TPSA) is 94.0 Å². The van der Waals surface area contributed by atoms with E-state index in [9.17, 15) is 4.79 Å². The number of aliphatic carboxylic acids is 1. The second-order valence-corrected chi connectivity index (χ2v) is 2.73. The minimum absolute atomic E-state index is 0.238. The summed E-state index contributed by atoms with van der Waals surface area (Å²) in [5.41, 5.74) is 5.33. The van der Waals surface area contributed by atoms with Crippen LogP contribution in [0.4, 0.5) is 5.82 Å².